The molecular formula is C13H13BrClNS. The Kier molecular flexibility index (Phi) is 4.48. The molecule has 2 rings (SSSR count). The standard InChI is InChI=1S/C13H13BrClNS/c1-2-12(13-4-3-7-17-13)16-9-5-6-11(15)10(14)8-9/h3-8,12,16H,2H2,1H3. The van der Waals surface area contributed by atoms with Gasteiger partial charge in [0, 0.05) is 15.0 Å². The Labute approximate surface area is 119 Å². The first-order valence-electron chi connectivity index (χ1n) is 5.45. The zero-order valence-corrected chi connectivity index (χ0v) is 12.6. The topological polar surface area (TPSA) is 12.0 Å². The van der Waals surface area contributed by atoms with E-state index in [1.807, 2.05) is 18.2 Å². The van der Waals surface area contributed by atoms with Crippen molar-refractivity contribution in [1.82, 2.24) is 0 Å². The van der Waals surface area contributed by atoms with Crippen molar-refractivity contribution in [2.45, 2.75) is 19.4 Å². The van der Waals surface area contributed by atoms with Crippen LogP contribution in [-0.4, -0.2) is 0 Å². The van der Waals surface area contributed by atoms with Gasteiger partial charge in [-0.15, -0.1) is 11.3 Å². The van der Waals surface area contributed by atoms with E-state index in [4.69, 9.17) is 11.6 Å². The zero-order chi connectivity index (χ0) is 12.3. The first-order chi connectivity index (χ1) is 8.20. The molecule has 1 unspecified atom stereocenters. The summed E-state index contributed by atoms with van der Waals surface area (Å²) in [5, 5.41) is 6.37. The summed E-state index contributed by atoms with van der Waals surface area (Å²) >= 11 is 11.2. The number of nitrogens with one attached hydrogen (secondary N) is 1. The fraction of sp³-hybridized carbons (Fsp3) is 0.231. The minimum atomic E-state index is 0.364. The number of thiophene rings is 1. The van der Waals surface area contributed by atoms with Gasteiger partial charge >= 0.3 is 0 Å². The minimum Gasteiger partial charge on any atom is -0.377 e. The van der Waals surface area contributed by atoms with E-state index in [-0.39, 0.29) is 0 Å². The Morgan fingerprint density at radius 2 is 2.24 bits per heavy atom. The molecule has 2 aromatic rings. The molecule has 1 nitrogen and oxygen atoms in total. The quantitative estimate of drug-likeness (QED) is 0.755. The van der Waals surface area contributed by atoms with Crippen LogP contribution in [0.4, 0.5) is 5.69 Å². The molecule has 17 heavy (non-hydrogen) atoms. The Hall–Kier alpha value is -0.510. The molecule has 0 aliphatic carbocycles. The van der Waals surface area contributed by atoms with Gasteiger partial charge in [0.05, 0.1) is 11.1 Å². The van der Waals surface area contributed by atoms with E-state index in [0.717, 1.165) is 21.6 Å². The number of halogens is 2. The smallest absolute Gasteiger partial charge is 0.0604 e. The summed E-state index contributed by atoms with van der Waals surface area (Å²) in [5.41, 5.74) is 1.08. The summed E-state index contributed by atoms with van der Waals surface area (Å²) in [7, 11) is 0. The number of rotatable bonds is 4. The molecule has 0 fully saturated rings. The lowest BCUT2D eigenvalue weighted by Gasteiger charge is -2.17. The molecule has 1 N–H and O–H groups in total. The third-order valence-corrected chi connectivity index (χ3v) is 4.76. The lowest BCUT2D eigenvalue weighted by molar-refractivity contribution is 0.764. The Balaban J connectivity index is 2.16. The van der Waals surface area contributed by atoms with Crippen LogP contribution < -0.4 is 5.32 Å². The number of benzene rings is 1. The fourth-order valence-electron chi connectivity index (χ4n) is 1.65. The molecule has 4 heteroatoms. The second kappa shape index (κ2) is 5.89. The van der Waals surface area contributed by atoms with E-state index in [2.05, 4.69) is 45.7 Å². The second-order valence-electron chi connectivity index (χ2n) is 3.75. The maximum Gasteiger partial charge on any atom is 0.0604 e. The van der Waals surface area contributed by atoms with Crippen molar-refractivity contribution in [2.24, 2.45) is 0 Å². The Morgan fingerprint density at radius 1 is 1.41 bits per heavy atom. The lowest BCUT2D eigenvalue weighted by atomic mass is 10.1. The number of hydrogen-bond acceptors (Lipinski definition) is 2. The van der Waals surface area contributed by atoms with Crippen LogP contribution in [0.5, 0.6) is 0 Å². The van der Waals surface area contributed by atoms with Crippen LogP contribution in [0.15, 0.2) is 40.2 Å². The molecule has 0 saturated heterocycles. The lowest BCUT2D eigenvalue weighted by Crippen LogP contribution is -2.07. The molecule has 90 valence electrons. The first-order valence-corrected chi connectivity index (χ1v) is 7.50. The van der Waals surface area contributed by atoms with Crippen molar-refractivity contribution in [1.29, 1.82) is 0 Å². The van der Waals surface area contributed by atoms with Gasteiger partial charge in [-0.05, 0) is 52.0 Å². The molecule has 1 aromatic heterocycles. The van der Waals surface area contributed by atoms with Crippen LogP contribution in [0, 0.1) is 0 Å². The molecule has 1 heterocycles. The van der Waals surface area contributed by atoms with E-state index in [0.29, 0.717) is 6.04 Å². The second-order valence-corrected chi connectivity index (χ2v) is 5.99. The summed E-state index contributed by atoms with van der Waals surface area (Å²) in [4.78, 5) is 1.36. The van der Waals surface area contributed by atoms with Crippen LogP contribution in [0.25, 0.3) is 0 Å². The van der Waals surface area contributed by atoms with Crippen molar-refractivity contribution < 1.29 is 0 Å². The maximum atomic E-state index is 5.98. The molecule has 0 radical (unpaired) electrons. The monoisotopic (exact) mass is 329 g/mol. The van der Waals surface area contributed by atoms with E-state index >= 15 is 0 Å². The van der Waals surface area contributed by atoms with Gasteiger partial charge in [-0.2, -0.15) is 0 Å². The normalized spacial score (nSPS) is 12.4. The Bertz CT molecular complexity index is 484. The summed E-state index contributed by atoms with van der Waals surface area (Å²) < 4.78 is 0.921. The molecule has 0 amide bonds. The van der Waals surface area contributed by atoms with Crippen LogP contribution in [0.3, 0.4) is 0 Å². The molecular weight excluding hydrogens is 318 g/mol. The van der Waals surface area contributed by atoms with Crippen molar-refractivity contribution in [3.05, 3.63) is 50.1 Å². The van der Waals surface area contributed by atoms with Gasteiger partial charge in [-0.25, -0.2) is 0 Å². The number of anilines is 1. The van der Waals surface area contributed by atoms with Gasteiger partial charge in [0.1, 0.15) is 0 Å². The molecule has 1 atom stereocenters. The van der Waals surface area contributed by atoms with E-state index in [9.17, 15) is 0 Å². The SMILES string of the molecule is CCC(Nc1ccc(Cl)c(Br)c1)c1cccs1. The average molecular weight is 331 g/mol. The number of hydrogen-bond donors (Lipinski definition) is 1. The van der Waals surface area contributed by atoms with Gasteiger partial charge in [0.2, 0.25) is 0 Å². The van der Waals surface area contributed by atoms with Crippen LogP contribution in [0.1, 0.15) is 24.3 Å². The van der Waals surface area contributed by atoms with Gasteiger partial charge in [-0.3, -0.25) is 0 Å². The third-order valence-electron chi connectivity index (χ3n) is 2.56. The minimum absolute atomic E-state index is 0.364. The van der Waals surface area contributed by atoms with Gasteiger partial charge in [-0.1, -0.05) is 24.6 Å². The van der Waals surface area contributed by atoms with E-state index < -0.39 is 0 Å². The fourth-order valence-corrected chi connectivity index (χ4v) is 3.01. The molecule has 0 spiro atoms. The van der Waals surface area contributed by atoms with E-state index in [1.165, 1.54) is 4.88 Å². The van der Waals surface area contributed by atoms with Crippen molar-refractivity contribution in [2.75, 3.05) is 5.32 Å². The molecule has 1 aromatic carbocycles. The average Bonchev–Trinajstić information content (AvgIpc) is 2.84. The highest BCUT2D eigenvalue weighted by molar-refractivity contribution is 9.10. The molecule has 0 bridgehead atoms. The highest BCUT2D eigenvalue weighted by Gasteiger charge is 2.10. The maximum absolute atomic E-state index is 5.98. The molecule has 0 aliphatic rings. The summed E-state index contributed by atoms with van der Waals surface area (Å²) in [6.07, 6.45) is 1.06. The van der Waals surface area contributed by atoms with Gasteiger partial charge < -0.3 is 5.32 Å². The van der Waals surface area contributed by atoms with E-state index in [1.54, 1.807) is 11.3 Å². The molecule has 0 aliphatic heterocycles. The zero-order valence-electron chi connectivity index (χ0n) is 9.41. The predicted molar refractivity (Wildman–Crippen MR) is 80.1 cm³/mol. The summed E-state index contributed by atoms with van der Waals surface area (Å²) in [6, 6.07) is 10.5. The van der Waals surface area contributed by atoms with Crippen molar-refractivity contribution >= 4 is 44.6 Å². The van der Waals surface area contributed by atoms with Crippen molar-refractivity contribution in [3.8, 4) is 0 Å². The largest absolute Gasteiger partial charge is 0.377 e. The highest BCUT2D eigenvalue weighted by Crippen LogP contribution is 2.30. The predicted octanol–water partition coefficient (Wildman–Crippen LogP) is 5.73. The molecule has 0 saturated carbocycles. The third kappa shape index (κ3) is 3.24. The summed E-state index contributed by atoms with van der Waals surface area (Å²) in [5.74, 6) is 0. The summed E-state index contributed by atoms with van der Waals surface area (Å²) in [6.45, 7) is 2.18. The van der Waals surface area contributed by atoms with Crippen LogP contribution >= 0.6 is 38.9 Å². The van der Waals surface area contributed by atoms with Crippen LogP contribution in [0.2, 0.25) is 5.02 Å². The van der Waals surface area contributed by atoms with Gasteiger partial charge in [0.25, 0.3) is 0 Å². The van der Waals surface area contributed by atoms with Crippen LogP contribution in [-0.2, 0) is 0 Å². The van der Waals surface area contributed by atoms with Crippen molar-refractivity contribution in [3.63, 3.8) is 0 Å². The van der Waals surface area contributed by atoms with Gasteiger partial charge in [0.15, 0.2) is 0 Å². The highest BCUT2D eigenvalue weighted by atomic mass is 79.9. The Morgan fingerprint density at radius 3 is 2.82 bits per heavy atom. The first kappa shape index (κ1) is 12.9.